The maximum atomic E-state index is 11.9. The second-order valence-electron chi connectivity index (χ2n) is 7.81. The molecule has 0 radical (unpaired) electrons. The maximum absolute atomic E-state index is 11.9. The average Bonchev–Trinajstić information content (AvgIpc) is 3.15. The Hall–Kier alpha value is -2.12. The number of nitrogens with one attached hydrogen (secondary N) is 2. The first kappa shape index (κ1) is 21.6. The summed E-state index contributed by atoms with van der Waals surface area (Å²) in [4.78, 5) is 21.0. The largest absolute Gasteiger partial charge is 0.379 e. The van der Waals surface area contributed by atoms with E-state index in [9.17, 15) is 4.79 Å². The van der Waals surface area contributed by atoms with Crippen molar-refractivity contribution in [3.63, 3.8) is 0 Å². The molecule has 29 heavy (non-hydrogen) atoms. The van der Waals surface area contributed by atoms with Crippen LogP contribution >= 0.6 is 0 Å². The standard InChI is InChI=1S/C22H35N5O2/c1-3-23-22(24-15-18(2)26-10-12-29-13-11-26)25-16-19-6-4-7-20(14-19)17-27-9-5-8-21(27)28/h4,6-7,14,18H,3,5,8-13,15-17H2,1-2H3,(H2,23,24,25). The van der Waals surface area contributed by atoms with Crippen molar-refractivity contribution in [1.29, 1.82) is 0 Å². The van der Waals surface area contributed by atoms with E-state index in [1.807, 2.05) is 4.90 Å². The summed E-state index contributed by atoms with van der Waals surface area (Å²) in [7, 11) is 0. The Balaban J connectivity index is 1.53. The third-order valence-electron chi connectivity index (χ3n) is 5.53. The SMILES string of the molecule is CCNC(=NCc1cccc(CN2CCCC2=O)c1)NCC(C)N1CCOCC1. The number of guanidine groups is 1. The predicted molar refractivity (Wildman–Crippen MR) is 116 cm³/mol. The van der Waals surface area contributed by atoms with Gasteiger partial charge in [0.2, 0.25) is 5.91 Å². The van der Waals surface area contributed by atoms with E-state index in [4.69, 9.17) is 9.73 Å². The molecular formula is C22H35N5O2. The lowest BCUT2D eigenvalue weighted by molar-refractivity contribution is -0.128. The molecule has 0 aliphatic carbocycles. The molecule has 2 saturated heterocycles. The van der Waals surface area contributed by atoms with Gasteiger partial charge in [0.25, 0.3) is 0 Å². The first-order chi connectivity index (χ1) is 14.2. The summed E-state index contributed by atoms with van der Waals surface area (Å²) in [6.07, 6.45) is 1.66. The Morgan fingerprint density at radius 3 is 2.72 bits per heavy atom. The van der Waals surface area contributed by atoms with Crippen molar-refractivity contribution in [2.24, 2.45) is 4.99 Å². The highest BCUT2D eigenvalue weighted by Crippen LogP contribution is 2.15. The molecule has 1 aromatic rings. The fourth-order valence-corrected chi connectivity index (χ4v) is 3.82. The number of aliphatic imine (C=N–C) groups is 1. The van der Waals surface area contributed by atoms with Gasteiger partial charge >= 0.3 is 0 Å². The normalized spacial score (nSPS) is 19.4. The molecule has 1 unspecified atom stereocenters. The Bertz CT molecular complexity index is 688. The minimum absolute atomic E-state index is 0.265. The number of carbonyl (C=O) groups excluding carboxylic acids is 1. The minimum atomic E-state index is 0.265. The zero-order valence-corrected chi connectivity index (χ0v) is 17.8. The molecule has 2 heterocycles. The van der Waals surface area contributed by atoms with Gasteiger partial charge in [-0.2, -0.15) is 0 Å². The average molecular weight is 402 g/mol. The Labute approximate surface area is 174 Å². The number of hydrogen-bond donors (Lipinski definition) is 2. The van der Waals surface area contributed by atoms with Crippen LogP contribution in [0.25, 0.3) is 0 Å². The van der Waals surface area contributed by atoms with Crippen LogP contribution in [0, 0.1) is 0 Å². The molecule has 7 heteroatoms. The summed E-state index contributed by atoms with van der Waals surface area (Å²) in [5.41, 5.74) is 2.33. The topological polar surface area (TPSA) is 69.2 Å². The number of hydrogen-bond acceptors (Lipinski definition) is 4. The molecule has 7 nitrogen and oxygen atoms in total. The van der Waals surface area contributed by atoms with E-state index in [-0.39, 0.29) is 5.91 Å². The number of amides is 1. The van der Waals surface area contributed by atoms with Crippen molar-refractivity contribution >= 4 is 11.9 Å². The van der Waals surface area contributed by atoms with Gasteiger partial charge in [0, 0.05) is 51.7 Å². The first-order valence-corrected chi connectivity index (χ1v) is 10.8. The van der Waals surface area contributed by atoms with Crippen molar-refractivity contribution < 1.29 is 9.53 Å². The summed E-state index contributed by atoms with van der Waals surface area (Å²) >= 11 is 0. The third-order valence-corrected chi connectivity index (χ3v) is 5.53. The van der Waals surface area contributed by atoms with E-state index < -0.39 is 0 Å². The van der Waals surface area contributed by atoms with E-state index in [2.05, 4.69) is 53.6 Å². The van der Waals surface area contributed by atoms with Gasteiger partial charge in [0.15, 0.2) is 5.96 Å². The smallest absolute Gasteiger partial charge is 0.222 e. The molecular weight excluding hydrogens is 366 g/mol. The second-order valence-corrected chi connectivity index (χ2v) is 7.81. The highest BCUT2D eigenvalue weighted by Gasteiger charge is 2.20. The van der Waals surface area contributed by atoms with Gasteiger partial charge in [-0.1, -0.05) is 24.3 Å². The second kappa shape index (κ2) is 11.2. The van der Waals surface area contributed by atoms with Crippen molar-refractivity contribution in [1.82, 2.24) is 20.4 Å². The van der Waals surface area contributed by atoms with Crippen molar-refractivity contribution in [3.05, 3.63) is 35.4 Å². The third kappa shape index (κ3) is 6.72. The van der Waals surface area contributed by atoms with E-state index in [0.717, 1.165) is 63.9 Å². The first-order valence-electron chi connectivity index (χ1n) is 10.8. The van der Waals surface area contributed by atoms with Crippen LogP contribution in [-0.2, 0) is 22.6 Å². The summed E-state index contributed by atoms with van der Waals surface area (Å²) in [6, 6.07) is 8.84. The summed E-state index contributed by atoms with van der Waals surface area (Å²) in [6.45, 7) is 11.8. The fourth-order valence-electron chi connectivity index (χ4n) is 3.82. The van der Waals surface area contributed by atoms with Gasteiger partial charge in [-0.25, -0.2) is 4.99 Å². The van der Waals surface area contributed by atoms with Crippen molar-refractivity contribution in [2.75, 3.05) is 45.9 Å². The molecule has 2 N–H and O–H groups in total. The minimum Gasteiger partial charge on any atom is -0.379 e. The number of nitrogens with zero attached hydrogens (tertiary/aromatic N) is 3. The van der Waals surface area contributed by atoms with Gasteiger partial charge in [-0.15, -0.1) is 0 Å². The van der Waals surface area contributed by atoms with E-state index in [0.29, 0.717) is 25.6 Å². The summed E-state index contributed by atoms with van der Waals surface area (Å²) in [5.74, 6) is 1.11. The number of carbonyl (C=O) groups is 1. The molecule has 3 rings (SSSR count). The lowest BCUT2D eigenvalue weighted by Crippen LogP contribution is -2.49. The number of likely N-dealkylation sites (tertiary alicyclic amines) is 1. The van der Waals surface area contributed by atoms with Crippen LogP contribution in [0.4, 0.5) is 0 Å². The molecule has 2 aliphatic heterocycles. The van der Waals surface area contributed by atoms with Crippen molar-refractivity contribution in [2.45, 2.75) is 45.8 Å². The number of morpholine rings is 1. The van der Waals surface area contributed by atoms with Gasteiger partial charge in [-0.05, 0) is 31.4 Å². The Morgan fingerprint density at radius 1 is 1.21 bits per heavy atom. The Morgan fingerprint density at radius 2 is 2.00 bits per heavy atom. The van der Waals surface area contributed by atoms with E-state index >= 15 is 0 Å². The highest BCUT2D eigenvalue weighted by molar-refractivity contribution is 5.79. The lowest BCUT2D eigenvalue weighted by atomic mass is 10.1. The molecule has 0 spiro atoms. The number of ether oxygens (including phenoxy) is 1. The maximum Gasteiger partial charge on any atom is 0.222 e. The number of rotatable bonds is 8. The van der Waals surface area contributed by atoms with Crippen LogP contribution in [0.15, 0.2) is 29.3 Å². The monoisotopic (exact) mass is 401 g/mol. The molecule has 0 bridgehead atoms. The van der Waals surface area contributed by atoms with Gasteiger partial charge in [0.1, 0.15) is 0 Å². The quantitative estimate of drug-likeness (QED) is 0.511. The predicted octanol–water partition coefficient (Wildman–Crippen LogP) is 1.58. The van der Waals surface area contributed by atoms with Gasteiger partial charge in [-0.3, -0.25) is 9.69 Å². The molecule has 0 saturated carbocycles. The molecule has 160 valence electrons. The van der Waals surface area contributed by atoms with Crippen molar-refractivity contribution in [3.8, 4) is 0 Å². The van der Waals surface area contributed by atoms with E-state index in [1.54, 1.807) is 0 Å². The summed E-state index contributed by atoms with van der Waals surface area (Å²) in [5, 5.41) is 6.80. The molecule has 1 atom stereocenters. The van der Waals surface area contributed by atoms with Crippen LogP contribution < -0.4 is 10.6 Å². The molecule has 0 aromatic heterocycles. The molecule has 1 aromatic carbocycles. The van der Waals surface area contributed by atoms with E-state index in [1.165, 1.54) is 5.56 Å². The molecule has 2 fully saturated rings. The fraction of sp³-hybridized carbons (Fsp3) is 0.636. The molecule has 1 amide bonds. The van der Waals surface area contributed by atoms with Gasteiger partial charge < -0.3 is 20.3 Å². The lowest BCUT2D eigenvalue weighted by Gasteiger charge is -2.32. The van der Waals surface area contributed by atoms with Gasteiger partial charge in [0.05, 0.1) is 19.8 Å². The highest BCUT2D eigenvalue weighted by atomic mass is 16.5. The van der Waals surface area contributed by atoms with Crippen LogP contribution in [0.3, 0.4) is 0 Å². The van der Waals surface area contributed by atoms with Crippen LogP contribution in [0.5, 0.6) is 0 Å². The van der Waals surface area contributed by atoms with Crippen LogP contribution in [-0.4, -0.2) is 73.6 Å². The Kier molecular flexibility index (Phi) is 8.31. The summed E-state index contributed by atoms with van der Waals surface area (Å²) < 4.78 is 5.44. The zero-order chi connectivity index (χ0) is 20.5. The molecule has 2 aliphatic rings. The van der Waals surface area contributed by atoms with Crippen LogP contribution in [0.1, 0.15) is 37.8 Å². The zero-order valence-electron chi connectivity index (χ0n) is 17.8. The number of benzene rings is 1. The van der Waals surface area contributed by atoms with Crippen LogP contribution in [0.2, 0.25) is 0 Å².